The molecule has 3 atom stereocenters. The van der Waals surface area contributed by atoms with E-state index in [0.717, 1.165) is 0 Å². The van der Waals surface area contributed by atoms with E-state index in [4.69, 9.17) is 30.5 Å². The Hall–Kier alpha value is -1.77. The van der Waals surface area contributed by atoms with Gasteiger partial charge in [0.05, 0.1) is 18.9 Å². The summed E-state index contributed by atoms with van der Waals surface area (Å²) in [6, 6.07) is 3.15. The number of hydrogen-bond acceptors (Lipinski definition) is 7. The van der Waals surface area contributed by atoms with Crippen LogP contribution in [0.1, 0.15) is 12.5 Å². The molecule has 0 aromatic carbocycles. The maximum Gasteiger partial charge on any atom is 0.287 e. The molecule has 4 heterocycles. The van der Waals surface area contributed by atoms with Crippen LogP contribution in [-0.4, -0.2) is 34.6 Å². The zero-order valence-electron chi connectivity index (χ0n) is 10.2. The second-order valence-corrected chi connectivity index (χ2v) is 5.02. The monoisotopic (exact) mass is 294 g/mol. The van der Waals surface area contributed by atoms with Crippen molar-refractivity contribution in [1.29, 1.82) is 0 Å². The zero-order chi connectivity index (χ0) is 13.7. The maximum atomic E-state index is 11.8. The Balaban J connectivity index is 1.72. The molecule has 2 aromatic rings. The van der Waals surface area contributed by atoms with Crippen LogP contribution in [-0.2, 0) is 14.3 Å². The van der Waals surface area contributed by atoms with E-state index in [1.54, 1.807) is 12.1 Å². The lowest BCUT2D eigenvalue weighted by Crippen LogP contribution is -2.37. The minimum Gasteiger partial charge on any atom is -0.459 e. The number of rotatable bonds is 2. The van der Waals surface area contributed by atoms with Gasteiger partial charge in [0.1, 0.15) is 6.10 Å². The third-order valence-electron chi connectivity index (χ3n) is 3.43. The van der Waals surface area contributed by atoms with Crippen LogP contribution >= 0.6 is 12.2 Å². The predicted octanol–water partition coefficient (Wildman–Crippen LogP) is 1.72. The van der Waals surface area contributed by atoms with Crippen molar-refractivity contribution in [3.05, 3.63) is 23.2 Å². The number of carbonyl (C=O) groups excluding carboxylic acids is 1. The van der Waals surface area contributed by atoms with Crippen LogP contribution in [0.3, 0.4) is 0 Å². The highest BCUT2D eigenvalue weighted by atomic mass is 32.1. The van der Waals surface area contributed by atoms with Gasteiger partial charge in [-0.25, -0.2) is 4.68 Å². The first-order valence-corrected chi connectivity index (χ1v) is 6.56. The summed E-state index contributed by atoms with van der Waals surface area (Å²) in [7, 11) is 0. The molecule has 2 aromatic heterocycles. The van der Waals surface area contributed by atoms with Crippen LogP contribution < -0.4 is 0 Å². The molecule has 0 saturated carbocycles. The Morgan fingerprint density at radius 3 is 3.15 bits per heavy atom. The molecule has 0 spiro atoms. The average molecular weight is 294 g/mol. The van der Waals surface area contributed by atoms with Crippen LogP contribution in [0.4, 0.5) is 0 Å². The summed E-state index contributed by atoms with van der Waals surface area (Å²) < 4.78 is 22.9. The Bertz CT molecular complexity index is 704. The minimum atomic E-state index is -0.734. The van der Waals surface area contributed by atoms with Gasteiger partial charge in [-0.2, -0.15) is 0 Å². The molecule has 2 fully saturated rings. The zero-order valence-corrected chi connectivity index (χ0v) is 11.0. The third-order valence-corrected chi connectivity index (χ3v) is 3.70. The Morgan fingerprint density at radius 1 is 1.45 bits per heavy atom. The molecular weight excluding hydrogens is 284 g/mol. The van der Waals surface area contributed by atoms with Gasteiger partial charge in [-0.3, -0.25) is 4.79 Å². The molecule has 2 aliphatic rings. The van der Waals surface area contributed by atoms with Gasteiger partial charge < -0.3 is 18.3 Å². The van der Waals surface area contributed by atoms with Gasteiger partial charge in [0.2, 0.25) is 6.29 Å². The van der Waals surface area contributed by atoms with Crippen molar-refractivity contribution in [3.8, 4) is 11.7 Å². The fraction of sp³-hybridized carbons (Fsp3) is 0.417. The fourth-order valence-corrected chi connectivity index (χ4v) is 2.72. The third kappa shape index (κ3) is 1.76. The standard InChI is InChI=1S/C12H10N2O5S/c15-7-4-6(9-5-17-11(7)18-9)14-12(20)19-10(13-14)8-2-1-3-16-8/h1-3,6,9,11H,4-5H2/t6-,9+,11+/m0/s1. The lowest BCUT2D eigenvalue weighted by atomic mass is 10.0. The summed E-state index contributed by atoms with van der Waals surface area (Å²) in [5.41, 5.74) is 0. The van der Waals surface area contributed by atoms with Crippen molar-refractivity contribution >= 4 is 18.0 Å². The van der Waals surface area contributed by atoms with Gasteiger partial charge in [0.15, 0.2) is 11.5 Å². The van der Waals surface area contributed by atoms with E-state index in [0.29, 0.717) is 12.4 Å². The summed E-state index contributed by atoms with van der Waals surface area (Å²) in [5.74, 6) is 0.667. The van der Waals surface area contributed by atoms with Gasteiger partial charge in [-0.05, 0) is 24.4 Å². The molecule has 0 amide bonds. The van der Waals surface area contributed by atoms with Crippen molar-refractivity contribution < 1.29 is 23.1 Å². The van der Waals surface area contributed by atoms with Gasteiger partial charge in [-0.15, -0.1) is 5.10 Å². The highest BCUT2D eigenvalue weighted by Gasteiger charge is 2.45. The summed E-state index contributed by atoms with van der Waals surface area (Å²) in [4.78, 5) is 12.0. The molecule has 0 radical (unpaired) electrons. The topological polar surface area (TPSA) is 79.6 Å². The van der Waals surface area contributed by atoms with Gasteiger partial charge >= 0.3 is 0 Å². The molecule has 0 N–H and O–H groups in total. The average Bonchev–Trinajstić information content (AvgIpc) is 3.15. The van der Waals surface area contributed by atoms with Crippen LogP contribution in [0.2, 0.25) is 0 Å². The molecule has 2 saturated heterocycles. The van der Waals surface area contributed by atoms with Crippen molar-refractivity contribution in [2.75, 3.05) is 6.61 Å². The van der Waals surface area contributed by atoms with E-state index in [1.165, 1.54) is 10.9 Å². The number of ketones is 1. The van der Waals surface area contributed by atoms with Gasteiger partial charge in [0, 0.05) is 6.42 Å². The number of aromatic nitrogens is 2. The van der Waals surface area contributed by atoms with Crippen LogP contribution in [0.25, 0.3) is 11.7 Å². The molecular formula is C12H10N2O5S. The first kappa shape index (κ1) is 12.0. The van der Waals surface area contributed by atoms with Crippen LogP contribution in [0.15, 0.2) is 27.2 Å². The highest BCUT2D eigenvalue weighted by molar-refractivity contribution is 7.71. The molecule has 8 heteroatoms. The highest BCUT2D eigenvalue weighted by Crippen LogP contribution is 2.33. The SMILES string of the molecule is O=C1C[C@H](n2nc(-c3ccco3)oc2=S)[C@H]2CO[C@@H]1O2. The molecule has 20 heavy (non-hydrogen) atoms. The number of Topliss-reactive ketones (excluding diaryl/α,β-unsaturated/α-hetero) is 1. The van der Waals surface area contributed by atoms with Gasteiger partial charge in [-0.1, -0.05) is 0 Å². The molecule has 0 aliphatic carbocycles. The number of fused-ring (bicyclic) bond motifs is 2. The lowest BCUT2D eigenvalue weighted by molar-refractivity contribution is -0.156. The molecule has 2 bridgehead atoms. The number of ether oxygens (including phenoxy) is 2. The van der Waals surface area contributed by atoms with Crippen LogP contribution in [0.5, 0.6) is 0 Å². The summed E-state index contributed by atoms with van der Waals surface area (Å²) in [6.45, 7) is 0.353. The number of hydrogen-bond donors (Lipinski definition) is 0. The van der Waals surface area contributed by atoms with E-state index in [1.807, 2.05) is 0 Å². The number of nitrogens with zero attached hydrogens (tertiary/aromatic N) is 2. The largest absolute Gasteiger partial charge is 0.459 e. The van der Waals surface area contributed by atoms with E-state index >= 15 is 0 Å². The second-order valence-electron chi connectivity index (χ2n) is 4.67. The van der Waals surface area contributed by atoms with Crippen molar-refractivity contribution in [1.82, 2.24) is 9.78 Å². The first-order valence-electron chi connectivity index (χ1n) is 6.15. The summed E-state index contributed by atoms with van der Waals surface area (Å²) >= 11 is 5.17. The molecule has 0 unspecified atom stereocenters. The van der Waals surface area contributed by atoms with Gasteiger partial charge in [0.25, 0.3) is 10.7 Å². The second kappa shape index (κ2) is 4.37. The summed E-state index contributed by atoms with van der Waals surface area (Å²) in [5, 5.41) is 4.29. The predicted molar refractivity (Wildman–Crippen MR) is 66.3 cm³/mol. The molecule has 104 valence electrons. The smallest absolute Gasteiger partial charge is 0.287 e. The quantitative estimate of drug-likeness (QED) is 0.780. The van der Waals surface area contributed by atoms with E-state index in [-0.39, 0.29) is 35.1 Å². The number of furan rings is 1. The van der Waals surface area contributed by atoms with Crippen molar-refractivity contribution in [2.45, 2.75) is 24.9 Å². The van der Waals surface area contributed by atoms with Crippen LogP contribution in [0, 0.1) is 4.84 Å². The Morgan fingerprint density at radius 2 is 2.35 bits per heavy atom. The minimum absolute atomic E-state index is 0.104. The summed E-state index contributed by atoms with van der Waals surface area (Å²) in [6.07, 6.45) is 0.824. The number of carbonyl (C=O) groups is 1. The fourth-order valence-electron chi connectivity index (χ4n) is 2.47. The van der Waals surface area contributed by atoms with E-state index < -0.39 is 6.29 Å². The molecule has 2 aliphatic heterocycles. The maximum absolute atomic E-state index is 11.8. The lowest BCUT2D eigenvalue weighted by Gasteiger charge is -2.25. The Kier molecular flexibility index (Phi) is 2.62. The van der Waals surface area contributed by atoms with Crippen molar-refractivity contribution in [3.63, 3.8) is 0 Å². The van der Waals surface area contributed by atoms with E-state index in [9.17, 15) is 4.79 Å². The Labute approximate surface area is 118 Å². The molecule has 7 nitrogen and oxygen atoms in total. The van der Waals surface area contributed by atoms with E-state index in [2.05, 4.69) is 5.10 Å². The normalized spacial score (nSPS) is 29.0. The molecule has 4 rings (SSSR count). The van der Waals surface area contributed by atoms with Crippen molar-refractivity contribution in [2.24, 2.45) is 0 Å². The first-order chi connectivity index (χ1) is 9.72.